The van der Waals surface area contributed by atoms with Gasteiger partial charge in [-0.25, -0.2) is 4.79 Å². The van der Waals surface area contributed by atoms with E-state index in [1.165, 1.54) is 37.7 Å². The fourth-order valence-electron chi connectivity index (χ4n) is 4.15. The predicted molar refractivity (Wildman–Crippen MR) is 134 cm³/mol. The van der Waals surface area contributed by atoms with Crippen LogP contribution in [0.1, 0.15) is 82.9 Å². The molecule has 0 atom stereocenters. The molecular weight excluding hydrogens is 412 g/mol. The maximum atomic E-state index is 12.8. The van der Waals surface area contributed by atoms with Gasteiger partial charge in [0.05, 0.1) is 17.1 Å². The van der Waals surface area contributed by atoms with Gasteiger partial charge in [-0.3, -0.25) is 4.79 Å². The van der Waals surface area contributed by atoms with E-state index in [0.717, 1.165) is 48.4 Å². The Morgan fingerprint density at radius 1 is 0.968 bits per heavy atom. The zero-order valence-electron chi connectivity index (χ0n) is 20.1. The second-order valence-corrected chi connectivity index (χ2v) is 9.53. The highest BCUT2D eigenvalue weighted by Gasteiger charge is 2.31. The third-order valence-electron chi connectivity index (χ3n) is 6.00. The molecule has 1 aliphatic heterocycles. The zero-order chi connectivity index (χ0) is 22.5. The number of halogens is 1. The Morgan fingerprint density at radius 3 is 2.16 bits per heavy atom. The number of carbonyl (C=O) groups excluding carboxylic acids is 2. The second-order valence-electron chi connectivity index (χ2n) is 9.53. The van der Waals surface area contributed by atoms with Crippen molar-refractivity contribution in [3.05, 3.63) is 16.7 Å². The Bertz CT molecular complexity index is 787. The summed E-state index contributed by atoms with van der Waals surface area (Å²) in [5.41, 5.74) is 10.6. The van der Waals surface area contributed by atoms with Gasteiger partial charge in [0.2, 0.25) is 5.91 Å². The molecule has 0 unspecified atom stereocenters. The van der Waals surface area contributed by atoms with Gasteiger partial charge in [0, 0.05) is 18.5 Å². The molecule has 1 aromatic rings. The van der Waals surface area contributed by atoms with Crippen LogP contribution in [0.25, 0.3) is 0 Å². The Hall–Kier alpha value is -1.95. The van der Waals surface area contributed by atoms with Crippen LogP contribution in [0.3, 0.4) is 0 Å². The van der Waals surface area contributed by atoms with Crippen molar-refractivity contribution in [1.29, 1.82) is 0 Å². The number of carbonyl (C=O) groups is 2. The SMILES string of the molecule is CCCCCCCCN1CCc2c(C)c(NC(N)=O)c(C)c(NC(=O)C(C)(C)C)c21.Cl. The van der Waals surface area contributed by atoms with E-state index >= 15 is 0 Å². The van der Waals surface area contributed by atoms with Crippen LogP contribution in [-0.4, -0.2) is 25.0 Å². The minimum absolute atomic E-state index is 0. The average Bonchev–Trinajstić information content (AvgIpc) is 3.08. The fraction of sp³-hybridized carbons (Fsp3) is 0.667. The molecule has 1 aromatic carbocycles. The van der Waals surface area contributed by atoms with Gasteiger partial charge in [0.25, 0.3) is 0 Å². The molecule has 1 aliphatic rings. The number of primary amides is 1. The Kier molecular flexibility index (Phi) is 10.1. The van der Waals surface area contributed by atoms with Crippen LogP contribution in [0.2, 0.25) is 0 Å². The summed E-state index contributed by atoms with van der Waals surface area (Å²) in [6, 6.07) is -0.587. The number of benzene rings is 1. The van der Waals surface area contributed by atoms with Gasteiger partial charge in [-0.1, -0.05) is 59.8 Å². The molecule has 7 heteroatoms. The van der Waals surface area contributed by atoms with Gasteiger partial charge in [-0.05, 0) is 43.4 Å². The number of fused-ring (bicyclic) bond motifs is 1. The third-order valence-corrected chi connectivity index (χ3v) is 6.00. The van der Waals surface area contributed by atoms with Crippen molar-refractivity contribution in [1.82, 2.24) is 0 Å². The number of nitrogens with zero attached hydrogens (tertiary/aromatic N) is 1. The van der Waals surface area contributed by atoms with Crippen LogP contribution >= 0.6 is 12.4 Å². The molecule has 0 saturated heterocycles. The average molecular weight is 453 g/mol. The Morgan fingerprint density at radius 2 is 1.58 bits per heavy atom. The highest BCUT2D eigenvalue weighted by molar-refractivity contribution is 6.03. The molecule has 0 saturated carbocycles. The summed E-state index contributed by atoms with van der Waals surface area (Å²) in [7, 11) is 0. The minimum Gasteiger partial charge on any atom is -0.369 e. The molecular formula is C24H41ClN4O2. The number of urea groups is 1. The molecule has 0 aromatic heterocycles. The first-order valence-electron chi connectivity index (χ1n) is 11.4. The second kappa shape index (κ2) is 11.6. The van der Waals surface area contributed by atoms with Crippen LogP contribution in [0, 0.1) is 19.3 Å². The predicted octanol–water partition coefficient (Wildman–Crippen LogP) is 5.92. The van der Waals surface area contributed by atoms with E-state index in [0.29, 0.717) is 5.69 Å². The van der Waals surface area contributed by atoms with Crippen LogP contribution in [0.15, 0.2) is 0 Å². The van der Waals surface area contributed by atoms with Gasteiger partial charge >= 0.3 is 6.03 Å². The van der Waals surface area contributed by atoms with E-state index in [-0.39, 0.29) is 18.3 Å². The van der Waals surface area contributed by atoms with E-state index in [4.69, 9.17) is 5.73 Å². The van der Waals surface area contributed by atoms with Crippen molar-refractivity contribution >= 4 is 41.4 Å². The summed E-state index contributed by atoms with van der Waals surface area (Å²) in [5, 5.41) is 5.95. The van der Waals surface area contributed by atoms with E-state index in [1.807, 2.05) is 34.6 Å². The number of hydrogen-bond acceptors (Lipinski definition) is 3. The number of unbranched alkanes of at least 4 members (excludes halogenated alkanes) is 5. The minimum atomic E-state index is -0.587. The maximum absolute atomic E-state index is 12.8. The molecule has 0 aliphatic carbocycles. The number of nitrogens with two attached hydrogens (primary N) is 1. The normalized spacial score (nSPS) is 12.9. The standard InChI is InChI=1S/C24H40N4O2.ClH/c1-7-8-9-10-11-12-14-28-15-13-18-16(2)19(27-23(25)30)17(3)20(21(18)28)26-22(29)24(4,5)6;/h7-15H2,1-6H3,(H,26,29)(H3,25,27,30);1H. The number of hydrogen-bond donors (Lipinski definition) is 3. The van der Waals surface area contributed by atoms with Crippen molar-refractivity contribution in [3.8, 4) is 0 Å². The van der Waals surface area contributed by atoms with Crippen molar-refractivity contribution in [3.63, 3.8) is 0 Å². The summed E-state index contributed by atoms with van der Waals surface area (Å²) in [6.07, 6.45) is 8.44. The van der Waals surface area contributed by atoms with Crippen molar-refractivity contribution in [2.75, 3.05) is 28.6 Å². The summed E-state index contributed by atoms with van der Waals surface area (Å²) in [5.74, 6) is -0.0342. The van der Waals surface area contributed by atoms with Crippen LogP contribution in [0.4, 0.5) is 21.9 Å². The smallest absolute Gasteiger partial charge is 0.316 e. The number of nitrogens with one attached hydrogen (secondary N) is 2. The van der Waals surface area contributed by atoms with E-state index in [2.05, 4.69) is 22.5 Å². The van der Waals surface area contributed by atoms with Gasteiger partial charge in [-0.15, -0.1) is 12.4 Å². The van der Waals surface area contributed by atoms with Gasteiger partial charge in [0.15, 0.2) is 0 Å². The first-order chi connectivity index (χ1) is 14.1. The molecule has 6 nitrogen and oxygen atoms in total. The van der Waals surface area contributed by atoms with Crippen molar-refractivity contribution < 1.29 is 9.59 Å². The van der Waals surface area contributed by atoms with Crippen molar-refractivity contribution in [2.45, 2.75) is 86.5 Å². The number of rotatable bonds is 9. The Balaban J connectivity index is 0.00000480. The lowest BCUT2D eigenvalue weighted by molar-refractivity contribution is -0.123. The van der Waals surface area contributed by atoms with E-state index in [9.17, 15) is 9.59 Å². The summed E-state index contributed by atoms with van der Waals surface area (Å²) >= 11 is 0. The monoisotopic (exact) mass is 452 g/mol. The topological polar surface area (TPSA) is 87.5 Å². The molecule has 31 heavy (non-hydrogen) atoms. The van der Waals surface area contributed by atoms with Crippen LogP contribution in [0.5, 0.6) is 0 Å². The lowest BCUT2D eigenvalue weighted by Gasteiger charge is -2.28. The van der Waals surface area contributed by atoms with Gasteiger partial charge < -0.3 is 21.3 Å². The molecule has 4 N–H and O–H groups in total. The lowest BCUT2D eigenvalue weighted by atomic mass is 9.93. The molecule has 1 heterocycles. The largest absolute Gasteiger partial charge is 0.369 e. The molecule has 176 valence electrons. The Labute approximate surface area is 194 Å². The summed E-state index contributed by atoms with van der Waals surface area (Å²) in [4.78, 5) is 26.8. The molecule has 0 spiro atoms. The number of anilines is 3. The number of amides is 3. The van der Waals surface area contributed by atoms with E-state index in [1.54, 1.807) is 0 Å². The highest BCUT2D eigenvalue weighted by atomic mass is 35.5. The van der Waals surface area contributed by atoms with Crippen LogP contribution in [-0.2, 0) is 11.2 Å². The summed E-state index contributed by atoms with van der Waals surface area (Å²) < 4.78 is 0. The quantitative estimate of drug-likeness (QED) is 0.406. The molecule has 0 bridgehead atoms. The van der Waals surface area contributed by atoms with Crippen molar-refractivity contribution in [2.24, 2.45) is 11.1 Å². The molecule has 0 radical (unpaired) electrons. The molecule has 2 rings (SSSR count). The lowest BCUT2D eigenvalue weighted by Crippen LogP contribution is -2.30. The molecule has 3 amide bonds. The van der Waals surface area contributed by atoms with Gasteiger partial charge in [-0.2, -0.15) is 0 Å². The maximum Gasteiger partial charge on any atom is 0.316 e. The highest BCUT2D eigenvalue weighted by Crippen LogP contribution is 2.45. The summed E-state index contributed by atoms with van der Waals surface area (Å²) in [6.45, 7) is 13.8. The van der Waals surface area contributed by atoms with Gasteiger partial charge in [0.1, 0.15) is 0 Å². The first kappa shape index (κ1) is 27.1. The van der Waals surface area contributed by atoms with E-state index < -0.39 is 11.4 Å². The van der Waals surface area contributed by atoms with Crippen LogP contribution < -0.4 is 21.3 Å². The first-order valence-corrected chi connectivity index (χ1v) is 11.4. The zero-order valence-corrected chi connectivity index (χ0v) is 20.9. The fourth-order valence-corrected chi connectivity index (χ4v) is 4.15. The third kappa shape index (κ3) is 6.76. The molecule has 0 fully saturated rings.